The molecule has 0 aliphatic rings. The third kappa shape index (κ3) is 20.2. The number of hydrogen-bond donors (Lipinski definition) is 0. The molecule has 0 aromatic heterocycles. The van der Waals surface area contributed by atoms with Crippen molar-refractivity contribution in [3.8, 4) is 0 Å². The summed E-state index contributed by atoms with van der Waals surface area (Å²) >= 11 is 17.5. The molecule has 0 bridgehead atoms. The molecule has 0 rings (SSSR count). The largest absolute Gasteiger partial charge is 0.365 e. The van der Waals surface area contributed by atoms with E-state index in [0.717, 1.165) is 31.4 Å². The number of carbonyl (C=O) groups is 1. The summed E-state index contributed by atoms with van der Waals surface area (Å²) in [7, 11) is 0. The van der Waals surface area contributed by atoms with Gasteiger partial charge >= 0.3 is 12.0 Å². The van der Waals surface area contributed by atoms with Gasteiger partial charge in [0.15, 0.2) is 0 Å². The third-order valence-corrected chi connectivity index (χ3v) is 6.12. The summed E-state index contributed by atoms with van der Waals surface area (Å²) in [4.78, 5) is 19.9. The minimum atomic E-state index is -2.39. The lowest BCUT2D eigenvalue weighted by molar-refractivity contribution is -0.267. The van der Waals surface area contributed by atoms with Crippen molar-refractivity contribution in [2.45, 2.75) is 76.7 Å². The second-order valence-corrected chi connectivity index (χ2v) is 15.0. The predicted molar refractivity (Wildman–Crippen MR) is 101 cm³/mol. The smallest absolute Gasteiger partial charge is 0.294 e. The van der Waals surface area contributed by atoms with Crippen molar-refractivity contribution >= 4 is 45.2 Å². The average molecular weight is 404 g/mol. The lowest BCUT2D eigenvalue weighted by Gasteiger charge is -2.06. The van der Waals surface area contributed by atoms with Crippen molar-refractivity contribution in [3.05, 3.63) is 12.7 Å². The Labute approximate surface area is 155 Å². The quantitative estimate of drug-likeness (QED) is 0.0727. The Kier molecular flexibility index (Phi) is 15.9. The SMILES string of the molecule is C=CC(=O)OOCCCCCCCCCCCCC[Si](Cl)(Cl)Cl. The van der Waals surface area contributed by atoms with E-state index in [-0.39, 0.29) is 0 Å². The molecule has 0 aliphatic heterocycles. The van der Waals surface area contributed by atoms with E-state index in [2.05, 4.69) is 11.5 Å². The summed E-state index contributed by atoms with van der Waals surface area (Å²) < 4.78 is 0. The molecule has 0 fully saturated rings. The molecule has 0 aromatic rings. The van der Waals surface area contributed by atoms with E-state index in [4.69, 9.17) is 38.1 Å². The predicted octanol–water partition coefficient (Wildman–Crippen LogP) is 6.59. The van der Waals surface area contributed by atoms with Gasteiger partial charge in [-0.25, -0.2) is 4.79 Å². The molecule has 0 heterocycles. The lowest BCUT2D eigenvalue weighted by atomic mass is 10.1. The summed E-state index contributed by atoms with van der Waals surface area (Å²) in [6, 6.07) is -1.60. The van der Waals surface area contributed by atoms with E-state index in [9.17, 15) is 4.79 Å². The summed E-state index contributed by atoms with van der Waals surface area (Å²) in [5.74, 6) is -0.542. The van der Waals surface area contributed by atoms with Crippen LogP contribution in [0.15, 0.2) is 12.7 Å². The average Bonchev–Trinajstić information content (AvgIpc) is 2.49. The van der Waals surface area contributed by atoms with Crippen LogP contribution in [0.5, 0.6) is 0 Å². The molecule has 3 nitrogen and oxygen atoms in total. The van der Waals surface area contributed by atoms with Crippen LogP contribution >= 0.6 is 33.2 Å². The molecule has 0 aromatic carbocycles. The molecule has 0 N–H and O–H groups in total. The van der Waals surface area contributed by atoms with E-state index in [1.807, 2.05) is 0 Å². The molecule has 0 radical (unpaired) electrons. The molecule has 0 amide bonds. The summed E-state index contributed by atoms with van der Waals surface area (Å²) in [5.41, 5.74) is 0. The Morgan fingerprint density at radius 3 is 1.70 bits per heavy atom. The van der Waals surface area contributed by atoms with Crippen LogP contribution in [0.2, 0.25) is 6.04 Å². The summed E-state index contributed by atoms with van der Waals surface area (Å²) in [6.45, 7) is 3.74. The Bertz CT molecular complexity index is 309. The van der Waals surface area contributed by atoms with Gasteiger partial charge in [-0.05, 0) is 12.5 Å². The Morgan fingerprint density at radius 1 is 0.826 bits per heavy atom. The fourth-order valence-corrected chi connectivity index (χ4v) is 4.06. The molecular weight excluding hydrogens is 375 g/mol. The number of unbranched alkanes of at least 4 members (excludes halogenated alkanes) is 10. The van der Waals surface area contributed by atoms with E-state index in [1.165, 1.54) is 51.4 Å². The standard InChI is InChI=1S/C16H29Cl3O3Si/c1-2-16(20)22-21-14-12-10-8-6-4-3-5-7-9-11-13-15-23(17,18)19/h2H,1,3-15H2. The summed E-state index contributed by atoms with van der Waals surface area (Å²) in [6.07, 6.45) is 14.2. The highest BCUT2D eigenvalue weighted by Crippen LogP contribution is 2.27. The zero-order valence-electron chi connectivity index (χ0n) is 13.8. The van der Waals surface area contributed by atoms with E-state index in [1.54, 1.807) is 0 Å². The van der Waals surface area contributed by atoms with Crippen LogP contribution in [0.4, 0.5) is 0 Å². The maximum Gasteiger partial charge on any atom is 0.365 e. The number of halogens is 3. The Balaban J connectivity index is 3.08. The maximum absolute atomic E-state index is 10.7. The zero-order chi connectivity index (χ0) is 17.4. The highest BCUT2D eigenvalue weighted by Gasteiger charge is 2.23. The van der Waals surface area contributed by atoms with Gasteiger partial charge in [0.25, 0.3) is 0 Å². The van der Waals surface area contributed by atoms with Crippen molar-refractivity contribution in [2.24, 2.45) is 0 Å². The molecule has 7 heteroatoms. The van der Waals surface area contributed by atoms with Gasteiger partial charge in [-0.2, -0.15) is 4.89 Å². The first-order valence-corrected chi connectivity index (χ1v) is 13.7. The van der Waals surface area contributed by atoms with Crippen LogP contribution in [-0.4, -0.2) is 18.6 Å². The zero-order valence-corrected chi connectivity index (χ0v) is 17.1. The van der Waals surface area contributed by atoms with Crippen LogP contribution < -0.4 is 0 Å². The van der Waals surface area contributed by atoms with Crippen LogP contribution in [0.3, 0.4) is 0 Å². The number of rotatable bonds is 16. The van der Waals surface area contributed by atoms with Crippen molar-refractivity contribution in [1.29, 1.82) is 0 Å². The first kappa shape index (κ1) is 23.3. The molecule has 0 spiro atoms. The van der Waals surface area contributed by atoms with Crippen molar-refractivity contribution in [2.75, 3.05) is 6.61 Å². The second kappa shape index (κ2) is 15.8. The van der Waals surface area contributed by atoms with Crippen LogP contribution in [0, 0.1) is 0 Å². The molecular formula is C16H29Cl3O3Si. The molecule has 23 heavy (non-hydrogen) atoms. The number of carbonyl (C=O) groups excluding carboxylic acids is 1. The highest BCUT2D eigenvalue weighted by molar-refractivity contribution is 7.64. The summed E-state index contributed by atoms with van der Waals surface area (Å²) in [5, 5.41) is 0. The van der Waals surface area contributed by atoms with Crippen molar-refractivity contribution in [1.82, 2.24) is 0 Å². The normalized spacial score (nSPS) is 11.4. The molecule has 0 atom stereocenters. The third-order valence-electron chi connectivity index (χ3n) is 3.50. The Morgan fingerprint density at radius 2 is 1.26 bits per heavy atom. The fourth-order valence-electron chi connectivity index (χ4n) is 2.21. The molecule has 136 valence electrons. The van der Waals surface area contributed by atoms with E-state index < -0.39 is 12.0 Å². The topological polar surface area (TPSA) is 35.5 Å². The minimum Gasteiger partial charge on any atom is -0.294 e. The van der Waals surface area contributed by atoms with Gasteiger partial charge in [-0.1, -0.05) is 70.8 Å². The first-order valence-electron chi connectivity index (χ1n) is 8.48. The van der Waals surface area contributed by atoms with Gasteiger partial charge in [0.2, 0.25) is 0 Å². The van der Waals surface area contributed by atoms with Crippen molar-refractivity contribution in [3.63, 3.8) is 0 Å². The van der Waals surface area contributed by atoms with Gasteiger partial charge in [-0.3, -0.25) is 4.89 Å². The van der Waals surface area contributed by atoms with Gasteiger partial charge in [0, 0.05) is 6.08 Å². The van der Waals surface area contributed by atoms with Crippen molar-refractivity contribution < 1.29 is 14.6 Å². The monoisotopic (exact) mass is 402 g/mol. The molecule has 0 saturated carbocycles. The molecule has 0 unspecified atom stereocenters. The number of hydrogen-bond acceptors (Lipinski definition) is 3. The molecule has 0 saturated heterocycles. The van der Waals surface area contributed by atoms with Crippen LogP contribution in [-0.2, 0) is 14.6 Å². The van der Waals surface area contributed by atoms with Gasteiger partial charge in [-0.15, -0.1) is 33.2 Å². The fraction of sp³-hybridized carbons (Fsp3) is 0.812. The second-order valence-electron chi connectivity index (χ2n) is 5.68. The van der Waals surface area contributed by atoms with Gasteiger partial charge < -0.3 is 0 Å². The van der Waals surface area contributed by atoms with Gasteiger partial charge in [0.1, 0.15) is 0 Å². The van der Waals surface area contributed by atoms with E-state index in [0.29, 0.717) is 6.61 Å². The van der Waals surface area contributed by atoms with Crippen LogP contribution in [0.25, 0.3) is 0 Å². The first-order chi connectivity index (χ1) is 11.0. The van der Waals surface area contributed by atoms with Crippen LogP contribution in [0.1, 0.15) is 70.6 Å². The Hall–Kier alpha value is 0.257. The highest BCUT2D eigenvalue weighted by atomic mass is 35.8. The lowest BCUT2D eigenvalue weighted by Crippen LogP contribution is -2.07. The maximum atomic E-state index is 10.7. The van der Waals surface area contributed by atoms with Gasteiger partial charge in [0.05, 0.1) is 6.61 Å². The molecule has 0 aliphatic carbocycles. The minimum absolute atomic E-state index is 0.455. The van der Waals surface area contributed by atoms with E-state index >= 15 is 0 Å².